The van der Waals surface area contributed by atoms with Crippen LogP contribution in [0.15, 0.2) is 48.5 Å². The van der Waals surface area contributed by atoms with E-state index in [4.69, 9.17) is 9.47 Å². The van der Waals surface area contributed by atoms with E-state index in [-0.39, 0.29) is 62.1 Å². The van der Waals surface area contributed by atoms with E-state index in [1.165, 1.54) is 0 Å². The number of benzene rings is 2. The summed E-state index contributed by atoms with van der Waals surface area (Å²) in [6.45, 7) is 19.4. The van der Waals surface area contributed by atoms with Gasteiger partial charge in [-0.15, -0.1) is 0 Å². The van der Waals surface area contributed by atoms with Crippen molar-refractivity contribution in [1.82, 2.24) is 10.6 Å². The van der Waals surface area contributed by atoms with Crippen molar-refractivity contribution in [2.45, 2.75) is 139 Å². The summed E-state index contributed by atoms with van der Waals surface area (Å²) in [4.78, 5) is 66.5. The molecule has 9 nitrogen and oxygen atoms in total. The van der Waals surface area contributed by atoms with Gasteiger partial charge in [-0.05, 0) is 74.8 Å². The van der Waals surface area contributed by atoms with Gasteiger partial charge >= 0.3 is 5.97 Å². The number of rotatable bonds is 19. The van der Waals surface area contributed by atoms with Gasteiger partial charge in [-0.1, -0.05) is 85.7 Å². The van der Waals surface area contributed by atoms with Crippen LogP contribution in [0.2, 0.25) is 0 Å². The molecule has 300 valence electrons. The third-order valence-electron chi connectivity index (χ3n) is 9.03. The monoisotopic (exact) mass is 756 g/mol. The molecule has 0 aliphatic rings. The van der Waals surface area contributed by atoms with Crippen molar-refractivity contribution in [2.75, 3.05) is 6.61 Å². The molecule has 2 amide bonds. The maximum atomic E-state index is 14.5. The normalized spacial score (nSPS) is 14.1. The highest BCUT2D eigenvalue weighted by atomic mass is 19.1. The van der Waals surface area contributed by atoms with Gasteiger partial charge in [0.1, 0.15) is 17.4 Å². The van der Waals surface area contributed by atoms with Gasteiger partial charge < -0.3 is 20.1 Å². The van der Waals surface area contributed by atoms with Gasteiger partial charge in [0.2, 0.25) is 11.8 Å². The Bertz CT molecular complexity index is 1590. The first-order valence-corrected chi connectivity index (χ1v) is 18.7. The Balaban J connectivity index is 2.20. The highest BCUT2D eigenvalue weighted by molar-refractivity contribution is 5.89. The van der Waals surface area contributed by atoms with Crippen LogP contribution in [0, 0.1) is 33.3 Å². The summed E-state index contributed by atoms with van der Waals surface area (Å²) in [6, 6.07) is 10.8. The summed E-state index contributed by atoms with van der Waals surface area (Å²) in [5.41, 5.74) is -2.05. The van der Waals surface area contributed by atoms with Crippen LogP contribution in [0.3, 0.4) is 0 Å². The Labute approximate surface area is 320 Å². The molecule has 0 saturated carbocycles. The Morgan fingerprint density at radius 1 is 0.722 bits per heavy atom. The van der Waals surface area contributed by atoms with Gasteiger partial charge in [-0.3, -0.25) is 24.0 Å². The lowest BCUT2D eigenvalue weighted by atomic mass is 9.80. The summed E-state index contributed by atoms with van der Waals surface area (Å²) < 4.78 is 40.3. The molecule has 2 rings (SSSR count). The number of nitrogens with one attached hydrogen (secondary N) is 2. The molecule has 1 unspecified atom stereocenters. The number of carbonyl (C=O) groups excluding carboxylic acids is 5. The highest BCUT2D eigenvalue weighted by Crippen LogP contribution is 2.30. The van der Waals surface area contributed by atoms with E-state index in [9.17, 15) is 32.8 Å². The summed E-state index contributed by atoms with van der Waals surface area (Å²) in [5.74, 6) is -3.07. The summed E-state index contributed by atoms with van der Waals surface area (Å²) >= 11 is 0. The molecular formula is C43H62F2N2O7. The zero-order valence-corrected chi connectivity index (χ0v) is 34.1. The van der Waals surface area contributed by atoms with Gasteiger partial charge in [0.05, 0.1) is 24.7 Å². The van der Waals surface area contributed by atoms with Crippen LogP contribution >= 0.6 is 0 Å². The van der Waals surface area contributed by atoms with Crippen molar-refractivity contribution in [1.29, 1.82) is 0 Å². The average Bonchev–Trinajstić information content (AvgIpc) is 3.05. The summed E-state index contributed by atoms with van der Waals surface area (Å²) in [6.07, 6.45) is -0.633. The number of hydrogen-bond acceptors (Lipinski definition) is 7. The molecule has 0 spiro atoms. The Morgan fingerprint density at radius 3 is 1.87 bits per heavy atom. The van der Waals surface area contributed by atoms with E-state index >= 15 is 0 Å². The quantitative estimate of drug-likeness (QED) is 0.140. The molecular weight excluding hydrogens is 694 g/mol. The predicted octanol–water partition coefficient (Wildman–Crippen LogP) is 7.86. The van der Waals surface area contributed by atoms with Crippen molar-refractivity contribution in [3.63, 3.8) is 0 Å². The van der Waals surface area contributed by atoms with Gasteiger partial charge in [0.25, 0.3) is 0 Å². The van der Waals surface area contributed by atoms with E-state index < -0.39 is 63.2 Å². The van der Waals surface area contributed by atoms with Crippen LogP contribution in [0.1, 0.15) is 119 Å². The third kappa shape index (κ3) is 16.2. The van der Waals surface area contributed by atoms with Crippen LogP contribution in [-0.2, 0) is 46.5 Å². The summed E-state index contributed by atoms with van der Waals surface area (Å²) in [7, 11) is 0. The number of ketones is 2. The predicted molar refractivity (Wildman–Crippen MR) is 205 cm³/mol. The molecule has 0 heterocycles. The van der Waals surface area contributed by atoms with Gasteiger partial charge in [-0.2, -0.15) is 0 Å². The number of Topliss-reactive ketones (excluding diaryl/α,β-unsaturated/α-hetero) is 2. The largest absolute Gasteiger partial charge is 0.452 e. The van der Waals surface area contributed by atoms with Crippen molar-refractivity contribution >= 4 is 29.4 Å². The number of halogens is 2. The molecule has 0 bridgehead atoms. The minimum Gasteiger partial charge on any atom is -0.452 e. The van der Waals surface area contributed by atoms with Crippen molar-refractivity contribution in [2.24, 2.45) is 21.7 Å². The molecule has 11 heteroatoms. The van der Waals surface area contributed by atoms with Crippen molar-refractivity contribution in [3.8, 4) is 0 Å². The first-order chi connectivity index (χ1) is 24.8. The van der Waals surface area contributed by atoms with Crippen LogP contribution in [0.25, 0.3) is 0 Å². The number of esters is 1. The number of ether oxygens (including phenoxy) is 2. The molecule has 0 saturated heterocycles. The minimum absolute atomic E-state index is 0.00698. The lowest BCUT2D eigenvalue weighted by Crippen LogP contribution is -2.54. The molecule has 0 aromatic heterocycles. The first-order valence-electron chi connectivity index (χ1n) is 18.7. The Kier molecular flexibility index (Phi) is 16.7. The maximum Gasteiger partial charge on any atom is 0.312 e. The average molecular weight is 757 g/mol. The molecule has 2 aromatic carbocycles. The third-order valence-corrected chi connectivity index (χ3v) is 9.03. The second-order valence-electron chi connectivity index (χ2n) is 18.1. The van der Waals surface area contributed by atoms with E-state index in [1.54, 1.807) is 62.3 Å². The fraction of sp³-hybridized carbons (Fsp3) is 0.605. The van der Waals surface area contributed by atoms with E-state index in [2.05, 4.69) is 10.6 Å². The second kappa shape index (κ2) is 19.6. The summed E-state index contributed by atoms with van der Waals surface area (Å²) in [5, 5.41) is 5.74. The molecule has 0 fully saturated rings. The first kappa shape index (κ1) is 46.2. The van der Waals surface area contributed by atoms with Crippen LogP contribution in [-0.4, -0.2) is 54.1 Å². The SMILES string of the molecule is CC(C)(CCC(=O)CC(Cc1cc(F)ccc1F)NC(=O)C(C)(C)C)CCC(=O)[C@@H](OC(=O)C(C)(C)C)[C@@H](COCc1ccccc1)NC(=O)C(C)(C)C. The van der Waals surface area contributed by atoms with Crippen LogP contribution in [0.5, 0.6) is 0 Å². The fourth-order valence-corrected chi connectivity index (χ4v) is 5.26. The van der Waals surface area contributed by atoms with Gasteiger partial charge in [-0.25, -0.2) is 8.78 Å². The molecule has 3 atom stereocenters. The lowest BCUT2D eigenvalue weighted by molar-refractivity contribution is -0.166. The minimum atomic E-state index is -1.33. The van der Waals surface area contributed by atoms with E-state index in [1.807, 2.05) is 44.2 Å². The van der Waals surface area contributed by atoms with Gasteiger partial charge in [0.15, 0.2) is 11.9 Å². The number of amides is 2. The number of hydrogen-bond donors (Lipinski definition) is 2. The standard InChI is InChI=1S/C43H62F2N2O7/c1-40(2,3)37(50)46-31(24-29-23-30(44)17-18-33(29)45)25-32(48)19-21-43(10,11)22-20-35(49)36(54-39(52)42(7,8)9)34(47-38(51)41(4,5)6)27-53-26-28-15-13-12-14-16-28/h12-18,23,31,34,36H,19-22,24-27H2,1-11H3,(H,46,50)(H,47,51)/t31?,34-,36+/m1/s1. The Morgan fingerprint density at radius 2 is 1.30 bits per heavy atom. The molecule has 0 aliphatic carbocycles. The fourth-order valence-electron chi connectivity index (χ4n) is 5.26. The topological polar surface area (TPSA) is 128 Å². The zero-order chi connectivity index (χ0) is 41.1. The lowest BCUT2D eigenvalue weighted by Gasteiger charge is -2.32. The zero-order valence-electron chi connectivity index (χ0n) is 34.1. The molecule has 0 aliphatic heterocycles. The van der Waals surface area contributed by atoms with Crippen molar-refractivity contribution < 1.29 is 42.2 Å². The van der Waals surface area contributed by atoms with Crippen LogP contribution < -0.4 is 10.6 Å². The number of carbonyl (C=O) groups is 5. The second-order valence-corrected chi connectivity index (χ2v) is 18.1. The molecule has 0 radical (unpaired) electrons. The maximum absolute atomic E-state index is 14.5. The molecule has 2 N–H and O–H groups in total. The Hall–Kier alpha value is -3.99. The van der Waals surface area contributed by atoms with E-state index in [0.29, 0.717) is 12.8 Å². The highest BCUT2D eigenvalue weighted by Gasteiger charge is 2.38. The molecule has 2 aromatic rings. The van der Waals surface area contributed by atoms with E-state index in [0.717, 1.165) is 23.8 Å². The van der Waals surface area contributed by atoms with Gasteiger partial charge in [0, 0.05) is 36.1 Å². The smallest absolute Gasteiger partial charge is 0.312 e. The van der Waals surface area contributed by atoms with Crippen LogP contribution in [0.4, 0.5) is 8.78 Å². The molecule has 54 heavy (non-hydrogen) atoms. The van der Waals surface area contributed by atoms with Crippen molar-refractivity contribution in [3.05, 3.63) is 71.3 Å².